The second-order valence-electron chi connectivity index (χ2n) is 3.25. The monoisotopic (exact) mass is 234 g/mol. The van der Waals surface area contributed by atoms with Gasteiger partial charge in [-0.3, -0.25) is 0 Å². The zero-order valence-electron chi connectivity index (χ0n) is 8.64. The second kappa shape index (κ2) is 4.45. The van der Waals surface area contributed by atoms with E-state index in [1.165, 1.54) is 0 Å². The van der Waals surface area contributed by atoms with Gasteiger partial charge >= 0.3 is 5.97 Å². The third-order valence-electron chi connectivity index (χ3n) is 2.24. The summed E-state index contributed by atoms with van der Waals surface area (Å²) in [6, 6.07) is 10.7. The largest absolute Gasteiger partial charge is 0.507 e. The molecule has 0 radical (unpaired) electrons. The fourth-order valence-electron chi connectivity index (χ4n) is 1.51. The Bertz CT molecular complexity index is 537. The number of carbonyl (C=O) groups excluding carboxylic acids is 1. The zero-order valence-corrected chi connectivity index (χ0v) is 9.45. The van der Waals surface area contributed by atoms with Crippen LogP contribution >= 0.6 is 12.0 Å². The van der Waals surface area contributed by atoms with Crippen molar-refractivity contribution in [2.24, 2.45) is 0 Å². The van der Waals surface area contributed by atoms with Crippen LogP contribution in [-0.2, 0) is 4.18 Å². The number of phenolic OH excluding ortho intramolecular Hbond substituents is 1. The van der Waals surface area contributed by atoms with Crippen molar-refractivity contribution < 1.29 is 14.1 Å². The van der Waals surface area contributed by atoms with E-state index in [0.29, 0.717) is 0 Å². The van der Waals surface area contributed by atoms with E-state index in [4.69, 9.17) is 4.18 Å². The molecule has 0 atom stereocenters. The molecule has 0 aliphatic heterocycles. The summed E-state index contributed by atoms with van der Waals surface area (Å²) < 4.78 is 4.78. The molecule has 0 spiro atoms. The quantitative estimate of drug-likeness (QED) is 0.811. The number of fused-ring (bicyclic) bond motifs is 1. The molecule has 2 aromatic carbocycles. The highest BCUT2D eigenvalue weighted by atomic mass is 32.2. The van der Waals surface area contributed by atoms with Gasteiger partial charge in [-0.15, -0.1) is 0 Å². The summed E-state index contributed by atoms with van der Waals surface area (Å²) >= 11 is 0.958. The van der Waals surface area contributed by atoms with Gasteiger partial charge in [0.1, 0.15) is 11.3 Å². The minimum Gasteiger partial charge on any atom is -0.507 e. The molecule has 0 heterocycles. The standard InChI is InChI=1S/C12H10O3S/c1-16-15-12(14)10-6-8-4-2-3-5-9(8)7-11(10)13/h2-7,13H,1H3. The number of rotatable bonds is 2. The Kier molecular flexibility index (Phi) is 3.01. The van der Waals surface area contributed by atoms with Crippen LogP contribution in [0.4, 0.5) is 0 Å². The molecule has 0 saturated carbocycles. The van der Waals surface area contributed by atoms with E-state index >= 15 is 0 Å². The van der Waals surface area contributed by atoms with Gasteiger partial charge < -0.3 is 9.29 Å². The van der Waals surface area contributed by atoms with E-state index < -0.39 is 5.97 Å². The lowest BCUT2D eigenvalue weighted by Crippen LogP contribution is -1.99. The van der Waals surface area contributed by atoms with Gasteiger partial charge in [0.25, 0.3) is 0 Å². The minimum atomic E-state index is -0.532. The molecule has 0 unspecified atom stereocenters. The van der Waals surface area contributed by atoms with Crippen molar-refractivity contribution in [2.45, 2.75) is 0 Å². The molecule has 2 aromatic rings. The van der Waals surface area contributed by atoms with Crippen LogP contribution in [-0.4, -0.2) is 17.3 Å². The molecular weight excluding hydrogens is 224 g/mol. The molecule has 0 aliphatic carbocycles. The van der Waals surface area contributed by atoms with Gasteiger partial charge in [0, 0.05) is 6.26 Å². The first-order valence-electron chi connectivity index (χ1n) is 4.69. The summed E-state index contributed by atoms with van der Waals surface area (Å²) in [7, 11) is 0. The highest BCUT2D eigenvalue weighted by Gasteiger charge is 2.13. The Morgan fingerprint density at radius 1 is 1.25 bits per heavy atom. The average Bonchev–Trinajstić information content (AvgIpc) is 2.28. The fourth-order valence-corrected chi connectivity index (χ4v) is 1.75. The summed E-state index contributed by atoms with van der Waals surface area (Å²) in [4.78, 5) is 11.5. The maximum absolute atomic E-state index is 11.5. The molecule has 0 aromatic heterocycles. The van der Waals surface area contributed by atoms with Crippen molar-refractivity contribution in [3.05, 3.63) is 42.0 Å². The molecule has 4 heteroatoms. The minimum absolute atomic E-state index is 0.0576. The van der Waals surface area contributed by atoms with E-state index in [1.807, 2.05) is 24.3 Å². The van der Waals surface area contributed by atoms with Crippen LogP contribution in [0.1, 0.15) is 10.4 Å². The van der Waals surface area contributed by atoms with Gasteiger partial charge in [-0.1, -0.05) is 24.3 Å². The summed E-state index contributed by atoms with van der Waals surface area (Å²) in [5.74, 6) is -0.589. The highest BCUT2D eigenvalue weighted by molar-refractivity contribution is 7.94. The van der Waals surface area contributed by atoms with Crippen molar-refractivity contribution in [2.75, 3.05) is 6.26 Å². The summed E-state index contributed by atoms with van der Waals surface area (Å²) in [6.45, 7) is 0. The lowest BCUT2D eigenvalue weighted by molar-refractivity contribution is 0.0766. The highest BCUT2D eigenvalue weighted by Crippen LogP contribution is 2.26. The van der Waals surface area contributed by atoms with Gasteiger partial charge in [-0.25, -0.2) is 4.79 Å². The molecule has 82 valence electrons. The van der Waals surface area contributed by atoms with E-state index in [1.54, 1.807) is 18.4 Å². The smallest absolute Gasteiger partial charge is 0.353 e. The van der Waals surface area contributed by atoms with Crippen molar-refractivity contribution in [3.63, 3.8) is 0 Å². The van der Waals surface area contributed by atoms with Crippen molar-refractivity contribution >= 4 is 28.8 Å². The Morgan fingerprint density at radius 2 is 1.88 bits per heavy atom. The predicted molar refractivity (Wildman–Crippen MR) is 64.5 cm³/mol. The molecule has 0 bridgehead atoms. The molecule has 1 N–H and O–H groups in total. The molecule has 0 fully saturated rings. The average molecular weight is 234 g/mol. The van der Waals surface area contributed by atoms with E-state index in [-0.39, 0.29) is 11.3 Å². The van der Waals surface area contributed by atoms with Crippen molar-refractivity contribution in [1.29, 1.82) is 0 Å². The second-order valence-corrected chi connectivity index (χ2v) is 3.75. The van der Waals surface area contributed by atoms with Crippen LogP contribution in [0.25, 0.3) is 10.8 Å². The molecule has 0 saturated heterocycles. The predicted octanol–water partition coefficient (Wildman–Crippen LogP) is 2.98. The fraction of sp³-hybridized carbons (Fsp3) is 0.0833. The zero-order chi connectivity index (χ0) is 11.5. The third kappa shape index (κ3) is 1.97. The number of hydrogen-bond donors (Lipinski definition) is 1. The summed E-state index contributed by atoms with van der Waals surface area (Å²) in [6.07, 6.45) is 1.65. The number of hydrogen-bond acceptors (Lipinski definition) is 4. The number of carbonyl (C=O) groups is 1. The van der Waals surface area contributed by atoms with Gasteiger partial charge in [0.2, 0.25) is 0 Å². The van der Waals surface area contributed by atoms with Crippen LogP contribution in [0.3, 0.4) is 0 Å². The molecule has 0 amide bonds. The van der Waals surface area contributed by atoms with Crippen LogP contribution in [0.5, 0.6) is 5.75 Å². The number of benzene rings is 2. The van der Waals surface area contributed by atoms with Crippen LogP contribution in [0.2, 0.25) is 0 Å². The Hall–Kier alpha value is -1.68. The first kappa shape index (κ1) is 10.8. The van der Waals surface area contributed by atoms with E-state index in [0.717, 1.165) is 22.8 Å². The molecular formula is C12H10O3S. The van der Waals surface area contributed by atoms with Crippen LogP contribution in [0, 0.1) is 0 Å². The molecule has 0 aliphatic rings. The van der Waals surface area contributed by atoms with Crippen LogP contribution < -0.4 is 0 Å². The normalized spacial score (nSPS) is 10.3. The van der Waals surface area contributed by atoms with E-state index in [2.05, 4.69) is 0 Å². The lowest BCUT2D eigenvalue weighted by Gasteiger charge is -2.05. The summed E-state index contributed by atoms with van der Waals surface area (Å²) in [5, 5.41) is 11.5. The van der Waals surface area contributed by atoms with Gasteiger partial charge in [-0.05, 0) is 22.9 Å². The Morgan fingerprint density at radius 3 is 2.50 bits per heavy atom. The maximum Gasteiger partial charge on any atom is 0.353 e. The number of phenols is 1. The van der Waals surface area contributed by atoms with Gasteiger partial charge in [0.15, 0.2) is 0 Å². The Labute approximate surface area is 97.2 Å². The first-order chi connectivity index (χ1) is 7.72. The summed E-state index contributed by atoms with van der Waals surface area (Å²) in [5.41, 5.74) is 0.188. The van der Waals surface area contributed by atoms with Crippen LogP contribution in [0.15, 0.2) is 36.4 Å². The Balaban J connectivity index is 2.54. The van der Waals surface area contributed by atoms with Gasteiger partial charge in [-0.2, -0.15) is 0 Å². The first-order valence-corrected chi connectivity index (χ1v) is 5.84. The van der Waals surface area contributed by atoms with Crippen molar-refractivity contribution in [3.8, 4) is 5.75 Å². The third-order valence-corrected chi connectivity index (χ3v) is 2.56. The topological polar surface area (TPSA) is 46.5 Å². The lowest BCUT2D eigenvalue weighted by atomic mass is 10.1. The molecule has 2 rings (SSSR count). The van der Waals surface area contributed by atoms with Gasteiger partial charge in [0.05, 0.1) is 12.0 Å². The SMILES string of the molecule is CSOC(=O)c1cc2ccccc2cc1O. The molecule has 3 nitrogen and oxygen atoms in total. The van der Waals surface area contributed by atoms with E-state index in [9.17, 15) is 9.90 Å². The molecule has 16 heavy (non-hydrogen) atoms. The maximum atomic E-state index is 11.5. The number of aromatic hydroxyl groups is 1. The van der Waals surface area contributed by atoms with Crippen molar-refractivity contribution in [1.82, 2.24) is 0 Å².